The van der Waals surface area contributed by atoms with Crippen LogP contribution in [0.5, 0.6) is 0 Å². The standard InChI is InChI=1S/C11H11Cl2N3/c1-6-15-10(11(14)16(6)2)7-3-4-8(12)9(13)5-7/h3-5H,14H2,1-2H3. The van der Waals surface area contributed by atoms with E-state index < -0.39 is 0 Å². The van der Waals surface area contributed by atoms with E-state index in [2.05, 4.69) is 4.98 Å². The quantitative estimate of drug-likeness (QED) is 0.850. The lowest BCUT2D eigenvalue weighted by atomic mass is 10.1. The average Bonchev–Trinajstić information content (AvgIpc) is 2.50. The second kappa shape index (κ2) is 4.00. The molecular formula is C11H11Cl2N3. The van der Waals surface area contributed by atoms with Crippen LogP contribution in [0.15, 0.2) is 18.2 Å². The SMILES string of the molecule is Cc1nc(-c2ccc(Cl)c(Cl)c2)c(N)n1C. The summed E-state index contributed by atoms with van der Waals surface area (Å²) in [6.07, 6.45) is 0. The Hall–Kier alpha value is -1.19. The molecule has 1 aromatic carbocycles. The van der Waals surface area contributed by atoms with Crippen molar-refractivity contribution in [1.29, 1.82) is 0 Å². The number of benzene rings is 1. The van der Waals surface area contributed by atoms with E-state index in [9.17, 15) is 0 Å². The van der Waals surface area contributed by atoms with E-state index >= 15 is 0 Å². The molecule has 0 saturated carbocycles. The first-order valence-corrected chi connectivity index (χ1v) is 5.50. The zero-order chi connectivity index (χ0) is 11.9. The molecule has 2 rings (SSSR count). The maximum absolute atomic E-state index is 5.96. The summed E-state index contributed by atoms with van der Waals surface area (Å²) in [6.45, 7) is 1.90. The number of nitrogens with zero attached hydrogens (tertiary/aromatic N) is 2. The van der Waals surface area contributed by atoms with Crippen LogP contribution >= 0.6 is 23.2 Å². The Morgan fingerprint density at radius 2 is 1.94 bits per heavy atom. The van der Waals surface area contributed by atoms with Gasteiger partial charge in [-0.25, -0.2) is 4.98 Å². The van der Waals surface area contributed by atoms with Crippen molar-refractivity contribution in [3.05, 3.63) is 34.1 Å². The second-order valence-electron chi connectivity index (χ2n) is 3.58. The first-order chi connectivity index (χ1) is 7.50. The molecule has 2 aromatic rings. The summed E-state index contributed by atoms with van der Waals surface area (Å²) in [6, 6.07) is 5.36. The number of anilines is 1. The van der Waals surface area contributed by atoms with Crippen molar-refractivity contribution < 1.29 is 0 Å². The molecule has 0 amide bonds. The van der Waals surface area contributed by atoms with Crippen molar-refractivity contribution in [2.45, 2.75) is 6.92 Å². The molecule has 0 saturated heterocycles. The molecule has 0 aliphatic rings. The maximum atomic E-state index is 5.96. The third-order valence-electron chi connectivity index (χ3n) is 2.56. The van der Waals surface area contributed by atoms with Gasteiger partial charge in [-0.3, -0.25) is 0 Å². The summed E-state index contributed by atoms with van der Waals surface area (Å²) in [7, 11) is 1.87. The number of nitrogens with two attached hydrogens (primary N) is 1. The van der Waals surface area contributed by atoms with Crippen molar-refractivity contribution in [3.8, 4) is 11.3 Å². The number of halogens is 2. The normalized spacial score (nSPS) is 10.8. The van der Waals surface area contributed by atoms with Crippen LogP contribution in [0, 0.1) is 6.92 Å². The first-order valence-electron chi connectivity index (χ1n) is 4.75. The van der Waals surface area contributed by atoms with Crippen LogP contribution in [0.25, 0.3) is 11.3 Å². The lowest BCUT2D eigenvalue weighted by Crippen LogP contribution is -1.98. The van der Waals surface area contributed by atoms with Crippen molar-refractivity contribution in [2.24, 2.45) is 7.05 Å². The van der Waals surface area contributed by atoms with Crippen LogP contribution in [0.2, 0.25) is 10.0 Å². The van der Waals surface area contributed by atoms with Crippen LogP contribution in [0.3, 0.4) is 0 Å². The lowest BCUT2D eigenvalue weighted by molar-refractivity contribution is 0.868. The van der Waals surface area contributed by atoms with Gasteiger partial charge < -0.3 is 10.3 Å². The molecule has 5 heteroatoms. The molecule has 0 unspecified atom stereocenters. The van der Waals surface area contributed by atoms with Gasteiger partial charge in [0.05, 0.1) is 10.0 Å². The van der Waals surface area contributed by atoms with Crippen LogP contribution in [-0.2, 0) is 7.05 Å². The summed E-state index contributed by atoms with van der Waals surface area (Å²) in [5, 5.41) is 1.03. The summed E-state index contributed by atoms with van der Waals surface area (Å²) < 4.78 is 1.83. The Bertz CT molecular complexity index is 546. The molecule has 0 radical (unpaired) electrons. The molecule has 0 atom stereocenters. The Morgan fingerprint density at radius 3 is 2.44 bits per heavy atom. The zero-order valence-electron chi connectivity index (χ0n) is 8.96. The number of aryl methyl sites for hydroxylation is 1. The number of nitrogen functional groups attached to an aromatic ring is 1. The van der Waals surface area contributed by atoms with Gasteiger partial charge in [-0.15, -0.1) is 0 Å². The Morgan fingerprint density at radius 1 is 1.25 bits per heavy atom. The summed E-state index contributed by atoms with van der Waals surface area (Å²) in [5.41, 5.74) is 7.55. The molecule has 84 valence electrons. The van der Waals surface area contributed by atoms with Crippen molar-refractivity contribution in [1.82, 2.24) is 9.55 Å². The third kappa shape index (κ3) is 1.77. The highest BCUT2D eigenvalue weighted by atomic mass is 35.5. The predicted molar refractivity (Wildman–Crippen MR) is 67.8 cm³/mol. The van der Waals surface area contributed by atoms with E-state index in [0.717, 1.165) is 17.1 Å². The van der Waals surface area contributed by atoms with E-state index in [1.807, 2.05) is 24.6 Å². The molecule has 2 N–H and O–H groups in total. The molecular weight excluding hydrogens is 245 g/mol. The van der Waals surface area contributed by atoms with Gasteiger partial charge in [-0.05, 0) is 19.1 Å². The van der Waals surface area contributed by atoms with Gasteiger partial charge in [0.15, 0.2) is 0 Å². The Kier molecular flexibility index (Phi) is 2.82. The molecule has 0 aliphatic carbocycles. The largest absolute Gasteiger partial charge is 0.383 e. The summed E-state index contributed by atoms with van der Waals surface area (Å²) in [4.78, 5) is 4.39. The monoisotopic (exact) mass is 255 g/mol. The maximum Gasteiger partial charge on any atom is 0.131 e. The van der Waals surface area contributed by atoms with Gasteiger partial charge in [-0.2, -0.15) is 0 Å². The van der Waals surface area contributed by atoms with E-state index in [4.69, 9.17) is 28.9 Å². The highest BCUT2D eigenvalue weighted by Crippen LogP contribution is 2.30. The average molecular weight is 256 g/mol. The minimum Gasteiger partial charge on any atom is -0.383 e. The molecule has 0 spiro atoms. The van der Waals surface area contributed by atoms with Crippen molar-refractivity contribution in [2.75, 3.05) is 5.73 Å². The lowest BCUT2D eigenvalue weighted by Gasteiger charge is -2.02. The Balaban J connectivity index is 2.59. The molecule has 0 aliphatic heterocycles. The fourth-order valence-corrected chi connectivity index (χ4v) is 1.78. The number of aromatic nitrogens is 2. The van der Waals surface area contributed by atoms with Crippen molar-refractivity contribution in [3.63, 3.8) is 0 Å². The number of hydrogen-bond donors (Lipinski definition) is 1. The molecule has 0 fully saturated rings. The summed E-state index contributed by atoms with van der Waals surface area (Å²) >= 11 is 11.8. The van der Waals surface area contributed by atoms with Gasteiger partial charge in [-0.1, -0.05) is 29.3 Å². The fourth-order valence-electron chi connectivity index (χ4n) is 1.48. The minimum absolute atomic E-state index is 0.502. The van der Waals surface area contributed by atoms with Crippen LogP contribution in [0.1, 0.15) is 5.82 Å². The second-order valence-corrected chi connectivity index (χ2v) is 4.40. The predicted octanol–water partition coefficient (Wildman–Crippen LogP) is 3.28. The molecule has 1 heterocycles. The van der Waals surface area contributed by atoms with Crippen LogP contribution in [0.4, 0.5) is 5.82 Å². The van der Waals surface area contributed by atoms with Crippen LogP contribution in [-0.4, -0.2) is 9.55 Å². The van der Waals surface area contributed by atoms with Gasteiger partial charge >= 0.3 is 0 Å². The van der Waals surface area contributed by atoms with E-state index in [1.54, 1.807) is 12.1 Å². The van der Waals surface area contributed by atoms with Crippen molar-refractivity contribution >= 4 is 29.0 Å². The van der Waals surface area contributed by atoms with Gasteiger partial charge in [0, 0.05) is 12.6 Å². The Labute approximate surface area is 104 Å². The van der Waals surface area contributed by atoms with E-state index in [0.29, 0.717) is 15.9 Å². The smallest absolute Gasteiger partial charge is 0.131 e. The zero-order valence-corrected chi connectivity index (χ0v) is 10.5. The van der Waals surface area contributed by atoms with E-state index in [-0.39, 0.29) is 0 Å². The highest BCUT2D eigenvalue weighted by molar-refractivity contribution is 6.42. The number of imidazole rings is 1. The van der Waals surface area contributed by atoms with Gasteiger partial charge in [0.25, 0.3) is 0 Å². The fraction of sp³-hybridized carbons (Fsp3) is 0.182. The topological polar surface area (TPSA) is 43.8 Å². The highest BCUT2D eigenvalue weighted by Gasteiger charge is 2.12. The third-order valence-corrected chi connectivity index (χ3v) is 3.30. The first kappa shape index (κ1) is 11.3. The molecule has 1 aromatic heterocycles. The molecule has 16 heavy (non-hydrogen) atoms. The minimum atomic E-state index is 0.502. The number of rotatable bonds is 1. The van der Waals surface area contributed by atoms with Crippen LogP contribution < -0.4 is 5.73 Å². The number of hydrogen-bond acceptors (Lipinski definition) is 2. The van der Waals surface area contributed by atoms with Gasteiger partial charge in [0.1, 0.15) is 17.3 Å². The van der Waals surface area contributed by atoms with Gasteiger partial charge in [0.2, 0.25) is 0 Å². The molecule has 3 nitrogen and oxygen atoms in total. The molecule has 0 bridgehead atoms. The summed E-state index contributed by atoms with van der Waals surface area (Å²) in [5.74, 6) is 1.48. The van der Waals surface area contributed by atoms with E-state index in [1.165, 1.54) is 0 Å².